The second-order valence-electron chi connectivity index (χ2n) is 6.80. The fourth-order valence-electron chi connectivity index (χ4n) is 3.66. The molecule has 0 spiro atoms. The highest BCUT2D eigenvalue weighted by Gasteiger charge is 2.36. The number of aliphatic hydroxyl groups excluding tert-OH is 1. The molecule has 0 amide bonds. The van der Waals surface area contributed by atoms with Crippen molar-refractivity contribution in [2.75, 3.05) is 21.3 Å². The van der Waals surface area contributed by atoms with E-state index < -0.39 is 12.2 Å². The molecule has 3 rings (SSSR count). The van der Waals surface area contributed by atoms with Gasteiger partial charge in [0, 0.05) is 18.6 Å². The van der Waals surface area contributed by atoms with E-state index in [1.807, 2.05) is 18.2 Å². The summed E-state index contributed by atoms with van der Waals surface area (Å²) < 4.78 is 22.4. The van der Waals surface area contributed by atoms with Gasteiger partial charge in [-0.25, -0.2) is 0 Å². The van der Waals surface area contributed by atoms with E-state index in [9.17, 15) is 10.2 Å². The van der Waals surface area contributed by atoms with E-state index >= 15 is 0 Å². The number of ether oxygens (including phenoxy) is 4. The maximum absolute atomic E-state index is 10.0. The van der Waals surface area contributed by atoms with Gasteiger partial charge in [-0.05, 0) is 42.3 Å². The minimum absolute atomic E-state index is 0.0367. The Labute approximate surface area is 159 Å². The second-order valence-corrected chi connectivity index (χ2v) is 6.80. The van der Waals surface area contributed by atoms with Crippen molar-refractivity contribution in [2.45, 2.75) is 38.1 Å². The molecule has 4 atom stereocenters. The van der Waals surface area contributed by atoms with E-state index in [4.69, 9.17) is 18.9 Å². The number of hydrogen-bond acceptors (Lipinski definition) is 6. The molecule has 0 bridgehead atoms. The SMILES string of the molecule is COc1cc([C@@H]2Oc3c(OC)cc([C@@H](OC)[C@H](C)O)cc3[C@H]2C)ccc1O. The summed E-state index contributed by atoms with van der Waals surface area (Å²) in [7, 11) is 4.68. The zero-order chi connectivity index (χ0) is 19.7. The van der Waals surface area contributed by atoms with Gasteiger partial charge in [0.2, 0.25) is 0 Å². The molecule has 27 heavy (non-hydrogen) atoms. The van der Waals surface area contributed by atoms with E-state index in [1.165, 1.54) is 7.11 Å². The van der Waals surface area contributed by atoms with Gasteiger partial charge in [-0.2, -0.15) is 0 Å². The third-order valence-electron chi connectivity index (χ3n) is 5.07. The summed E-state index contributed by atoms with van der Waals surface area (Å²) in [5.41, 5.74) is 2.72. The molecule has 146 valence electrons. The first-order chi connectivity index (χ1) is 12.9. The lowest BCUT2D eigenvalue weighted by molar-refractivity contribution is -0.00361. The number of phenols is 1. The van der Waals surface area contributed by atoms with E-state index in [1.54, 1.807) is 33.3 Å². The van der Waals surface area contributed by atoms with Gasteiger partial charge in [0.25, 0.3) is 0 Å². The van der Waals surface area contributed by atoms with E-state index in [0.29, 0.717) is 17.2 Å². The third kappa shape index (κ3) is 3.42. The monoisotopic (exact) mass is 374 g/mol. The first kappa shape index (κ1) is 19.3. The number of rotatable bonds is 6. The molecule has 2 N–H and O–H groups in total. The van der Waals surface area contributed by atoms with Crippen LogP contribution >= 0.6 is 0 Å². The molecule has 0 radical (unpaired) electrons. The summed E-state index contributed by atoms with van der Waals surface area (Å²) in [6.45, 7) is 3.77. The van der Waals surface area contributed by atoms with Crippen molar-refractivity contribution in [1.29, 1.82) is 0 Å². The Balaban J connectivity index is 2.02. The average molecular weight is 374 g/mol. The quantitative estimate of drug-likeness (QED) is 0.803. The Morgan fingerprint density at radius 3 is 2.33 bits per heavy atom. The minimum atomic E-state index is -0.660. The van der Waals surface area contributed by atoms with Crippen molar-refractivity contribution in [3.63, 3.8) is 0 Å². The van der Waals surface area contributed by atoms with Gasteiger partial charge in [0.05, 0.1) is 20.3 Å². The maximum atomic E-state index is 10.0. The third-order valence-corrected chi connectivity index (χ3v) is 5.07. The van der Waals surface area contributed by atoms with E-state index in [-0.39, 0.29) is 17.8 Å². The van der Waals surface area contributed by atoms with Gasteiger partial charge in [-0.1, -0.05) is 13.0 Å². The fourth-order valence-corrected chi connectivity index (χ4v) is 3.66. The highest BCUT2D eigenvalue weighted by Crippen LogP contribution is 2.52. The predicted molar refractivity (Wildman–Crippen MR) is 101 cm³/mol. The van der Waals surface area contributed by atoms with Crippen molar-refractivity contribution in [1.82, 2.24) is 0 Å². The van der Waals surface area contributed by atoms with Crippen molar-refractivity contribution >= 4 is 0 Å². The molecule has 1 aliphatic heterocycles. The van der Waals surface area contributed by atoms with Crippen LogP contribution in [0.25, 0.3) is 0 Å². The predicted octanol–water partition coefficient (Wildman–Crippen LogP) is 3.71. The Hall–Kier alpha value is -2.44. The number of methoxy groups -OCH3 is 3. The van der Waals surface area contributed by atoms with Crippen LogP contribution < -0.4 is 14.2 Å². The molecular formula is C21H26O6. The Bertz CT molecular complexity index is 817. The molecule has 6 nitrogen and oxygen atoms in total. The van der Waals surface area contributed by atoms with Crippen LogP contribution in [0.5, 0.6) is 23.0 Å². The van der Waals surface area contributed by atoms with Crippen LogP contribution in [-0.2, 0) is 4.74 Å². The molecule has 0 saturated heterocycles. The molecular weight excluding hydrogens is 348 g/mol. The first-order valence-electron chi connectivity index (χ1n) is 8.87. The molecule has 0 saturated carbocycles. The molecule has 0 aliphatic carbocycles. The van der Waals surface area contributed by atoms with Gasteiger partial charge in [-0.3, -0.25) is 0 Å². The van der Waals surface area contributed by atoms with Crippen molar-refractivity contribution < 1.29 is 29.2 Å². The van der Waals surface area contributed by atoms with Crippen LogP contribution in [0.4, 0.5) is 0 Å². The Kier molecular flexibility index (Phi) is 5.48. The van der Waals surface area contributed by atoms with Crippen molar-refractivity contribution in [3.05, 3.63) is 47.0 Å². The van der Waals surface area contributed by atoms with Gasteiger partial charge < -0.3 is 29.2 Å². The van der Waals surface area contributed by atoms with Crippen LogP contribution in [0, 0.1) is 0 Å². The number of aliphatic hydroxyl groups is 1. The molecule has 0 unspecified atom stereocenters. The van der Waals surface area contributed by atoms with Crippen LogP contribution in [0.1, 0.15) is 48.7 Å². The Morgan fingerprint density at radius 1 is 1.04 bits per heavy atom. The summed E-state index contributed by atoms with van der Waals surface area (Å²) in [5.74, 6) is 1.82. The molecule has 1 aliphatic rings. The number of benzene rings is 2. The maximum Gasteiger partial charge on any atom is 0.165 e. The second kappa shape index (κ2) is 7.66. The van der Waals surface area contributed by atoms with E-state index in [0.717, 1.165) is 16.7 Å². The number of aromatic hydroxyl groups is 1. The summed E-state index contributed by atoms with van der Waals surface area (Å²) in [6, 6.07) is 9.05. The highest BCUT2D eigenvalue weighted by molar-refractivity contribution is 5.56. The largest absolute Gasteiger partial charge is 0.504 e. The fraction of sp³-hybridized carbons (Fsp3) is 0.429. The number of fused-ring (bicyclic) bond motifs is 1. The van der Waals surface area contributed by atoms with Gasteiger partial charge >= 0.3 is 0 Å². The summed E-state index contributed by atoms with van der Waals surface area (Å²) >= 11 is 0. The van der Waals surface area contributed by atoms with Crippen molar-refractivity contribution in [2.24, 2.45) is 0 Å². The number of hydrogen-bond donors (Lipinski definition) is 2. The lowest BCUT2D eigenvalue weighted by Crippen LogP contribution is -2.16. The molecule has 2 aromatic carbocycles. The van der Waals surface area contributed by atoms with Crippen LogP contribution in [0.2, 0.25) is 0 Å². The zero-order valence-corrected chi connectivity index (χ0v) is 16.2. The zero-order valence-electron chi connectivity index (χ0n) is 16.2. The summed E-state index contributed by atoms with van der Waals surface area (Å²) in [5, 5.41) is 19.9. The van der Waals surface area contributed by atoms with Gasteiger partial charge in [0.1, 0.15) is 12.2 Å². The molecule has 2 aromatic rings. The smallest absolute Gasteiger partial charge is 0.165 e. The average Bonchev–Trinajstić information content (AvgIpc) is 2.99. The summed E-state index contributed by atoms with van der Waals surface area (Å²) in [4.78, 5) is 0. The minimum Gasteiger partial charge on any atom is -0.504 e. The molecule has 1 heterocycles. The van der Waals surface area contributed by atoms with Crippen molar-refractivity contribution in [3.8, 4) is 23.0 Å². The normalized spacial score (nSPS) is 20.5. The molecule has 0 aromatic heterocycles. The van der Waals surface area contributed by atoms with E-state index in [2.05, 4.69) is 6.92 Å². The summed E-state index contributed by atoms with van der Waals surface area (Å²) in [6.07, 6.45) is -1.36. The van der Waals surface area contributed by atoms with Crippen LogP contribution in [0.3, 0.4) is 0 Å². The molecule has 0 fully saturated rings. The van der Waals surface area contributed by atoms with Gasteiger partial charge in [0.15, 0.2) is 23.0 Å². The highest BCUT2D eigenvalue weighted by atomic mass is 16.5. The Morgan fingerprint density at radius 2 is 1.74 bits per heavy atom. The lowest BCUT2D eigenvalue weighted by atomic mass is 9.90. The lowest BCUT2D eigenvalue weighted by Gasteiger charge is -2.20. The van der Waals surface area contributed by atoms with Gasteiger partial charge in [-0.15, -0.1) is 0 Å². The molecule has 6 heteroatoms. The van der Waals surface area contributed by atoms with Crippen LogP contribution in [0.15, 0.2) is 30.3 Å². The topological polar surface area (TPSA) is 77.4 Å². The standard InChI is InChI=1S/C21H26O6/c1-11-15-8-14(20(26-5)12(2)22)10-18(25-4)21(15)27-19(11)13-6-7-16(23)17(9-13)24-3/h6-12,19-20,22-23H,1-5H3/t11-,12+,19-,20+/m1/s1. The number of phenolic OH excluding ortho intramolecular Hbond substituents is 1. The van der Waals surface area contributed by atoms with Crippen LogP contribution in [-0.4, -0.2) is 37.6 Å². The first-order valence-corrected chi connectivity index (χ1v) is 8.87.